The number of rotatable bonds is 6. The maximum atomic E-state index is 9.50. The molecule has 3 heterocycles. The molecule has 2 aromatic heterocycles. The van der Waals surface area contributed by atoms with Crippen LogP contribution >= 0.6 is 35.3 Å². The van der Waals surface area contributed by atoms with Crippen molar-refractivity contribution in [2.24, 2.45) is 22.4 Å². The van der Waals surface area contributed by atoms with Crippen molar-refractivity contribution in [1.82, 2.24) is 14.3 Å². The summed E-state index contributed by atoms with van der Waals surface area (Å²) in [5, 5.41) is 32.7. The molecule has 0 spiro atoms. The minimum Gasteiger partial charge on any atom is -0.385 e. The predicted octanol–water partition coefficient (Wildman–Crippen LogP) is 7.01. The number of halogens is 1. The molecule has 0 radical (unpaired) electrons. The minimum absolute atomic E-state index is 0.118. The van der Waals surface area contributed by atoms with Crippen molar-refractivity contribution in [2.75, 3.05) is 33.9 Å². The monoisotopic (exact) mass is 635 g/mol. The van der Waals surface area contributed by atoms with Gasteiger partial charge in [-0.15, -0.1) is 0 Å². The zero-order valence-corrected chi connectivity index (χ0v) is 28.1. The SMILES string of the molecule is CC(C)C=O.CC1CC1.CCOC.CN1CCC(c2cc(SN)cn3c(C(=N)SC(=N)C4(C#N)CC4)nc(Cl)c23)CC1. The largest absolute Gasteiger partial charge is 0.385 e. The molecule has 2 aliphatic carbocycles. The highest BCUT2D eigenvalue weighted by atomic mass is 35.5. The summed E-state index contributed by atoms with van der Waals surface area (Å²) in [4.78, 5) is 17.2. The summed E-state index contributed by atoms with van der Waals surface area (Å²) >= 11 is 8.69. The molecule has 0 atom stereocenters. The number of piperidine rings is 1. The fourth-order valence-corrected chi connectivity index (χ4v) is 5.48. The van der Waals surface area contributed by atoms with Crippen LogP contribution in [0.1, 0.15) is 83.5 Å². The van der Waals surface area contributed by atoms with Crippen molar-refractivity contribution in [2.45, 2.75) is 77.0 Å². The van der Waals surface area contributed by atoms with Crippen molar-refractivity contribution < 1.29 is 9.53 Å². The number of nitrogens with one attached hydrogen (secondary N) is 2. The molecule has 1 saturated heterocycles. The fraction of sp³-hybridized carbons (Fsp3) is 0.633. The molecule has 4 N–H and O–H groups in total. The second-order valence-electron chi connectivity index (χ2n) is 11.4. The number of likely N-dealkylation sites (tertiary alicyclic amines) is 1. The lowest BCUT2D eigenvalue weighted by Gasteiger charge is -2.29. The number of aldehydes is 1. The Kier molecular flexibility index (Phi) is 15.0. The molecule has 1 aliphatic heterocycles. The van der Waals surface area contributed by atoms with E-state index in [-0.39, 0.29) is 16.0 Å². The summed E-state index contributed by atoms with van der Waals surface area (Å²) in [6.07, 6.45) is 9.16. The first-order chi connectivity index (χ1) is 20.0. The summed E-state index contributed by atoms with van der Waals surface area (Å²) in [5.74, 6) is 2.03. The van der Waals surface area contributed by atoms with Gasteiger partial charge in [-0.3, -0.25) is 20.4 Å². The summed E-state index contributed by atoms with van der Waals surface area (Å²) in [6, 6.07) is 4.29. The van der Waals surface area contributed by atoms with Crippen LogP contribution in [-0.4, -0.2) is 64.5 Å². The number of fused-ring (bicyclic) bond motifs is 1. The molecule has 3 fully saturated rings. The van der Waals surface area contributed by atoms with Gasteiger partial charge in [-0.25, -0.2) is 4.98 Å². The molecule has 2 saturated carbocycles. The van der Waals surface area contributed by atoms with Gasteiger partial charge in [0.15, 0.2) is 11.0 Å². The Balaban J connectivity index is 0.000000395. The average molecular weight is 636 g/mol. The quantitative estimate of drug-likeness (QED) is 0.133. The lowest BCUT2D eigenvalue weighted by molar-refractivity contribution is -0.110. The number of nitriles is 1. The summed E-state index contributed by atoms with van der Waals surface area (Å²) in [6.45, 7) is 10.8. The number of aromatic nitrogens is 2. The normalized spacial score (nSPS) is 17.5. The third-order valence-electron chi connectivity index (χ3n) is 7.22. The predicted molar refractivity (Wildman–Crippen MR) is 176 cm³/mol. The second-order valence-corrected chi connectivity index (χ2v) is 13.5. The van der Waals surface area contributed by atoms with E-state index in [2.05, 4.69) is 40.7 Å². The molecule has 0 unspecified atom stereocenters. The number of nitrogens with zero attached hydrogens (tertiary/aromatic N) is 4. The maximum Gasteiger partial charge on any atom is 0.171 e. The van der Waals surface area contributed by atoms with Gasteiger partial charge >= 0.3 is 0 Å². The Bertz CT molecular complexity index is 1240. The number of nitrogens with two attached hydrogens (primary N) is 1. The molecule has 42 heavy (non-hydrogen) atoms. The number of hydrogen-bond acceptors (Lipinski definition) is 10. The van der Waals surface area contributed by atoms with Crippen molar-refractivity contribution in [3.8, 4) is 6.07 Å². The third kappa shape index (κ3) is 10.6. The van der Waals surface area contributed by atoms with Crippen LogP contribution in [0.4, 0.5) is 0 Å². The Morgan fingerprint density at radius 1 is 1.31 bits per heavy atom. The van der Waals surface area contributed by atoms with Crippen LogP contribution < -0.4 is 5.14 Å². The van der Waals surface area contributed by atoms with E-state index in [9.17, 15) is 10.1 Å². The van der Waals surface area contributed by atoms with E-state index in [0.717, 1.165) is 84.4 Å². The van der Waals surface area contributed by atoms with Crippen molar-refractivity contribution >= 4 is 57.2 Å². The summed E-state index contributed by atoms with van der Waals surface area (Å²) in [7, 11) is 3.81. The van der Waals surface area contributed by atoms with Crippen LogP contribution in [0.2, 0.25) is 5.15 Å². The maximum absolute atomic E-state index is 9.50. The first-order valence-corrected chi connectivity index (χ1v) is 16.5. The molecule has 5 rings (SSSR count). The van der Waals surface area contributed by atoms with Gasteiger partial charge in [-0.05, 0) is 88.2 Å². The standard InChI is InChI=1S/C19H22ClN7S2.C4H8O.C4H8.C3H8O/c1-26-6-2-11(3-7-26)13-8-12(29-24)9-27-14(13)15(20)25-17(27)16(22)28-18(23)19(10-21)4-5-19;1-4(2)3-5;1-4-2-3-4;1-3-4-2/h8-9,11,22-23H,2-7,24H2,1H3;3-4H,1-2H3;4H,2-3H2,1H3;3H2,1-2H3. The molecule has 9 nitrogen and oxygen atoms in total. The summed E-state index contributed by atoms with van der Waals surface area (Å²) in [5.41, 5.74) is 1.21. The number of pyridine rings is 1. The number of ether oxygens (including phenoxy) is 1. The number of thioether (sulfide) groups is 1. The molecule has 0 amide bonds. The molecule has 0 aromatic carbocycles. The zero-order valence-electron chi connectivity index (χ0n) is 25.7. The van der Waals surface area contributed by atoms with Crippen molar-refractivity contribution in [3.05, 3.63) is 28.8 Å². The topological polar surface area (TPSA) is 144 Å². The highest BCUT2D eigenvalue weighted by molar-refractivity contribution is 8.26. The highest BCUT2D eigenvalue weighted by Gasteiger charge is 2.48. The first kappa shape index (κ1) is 36.3. The van der Waals surface area contributed by atoms with Gasteiger partial charge < -0.3 is 14.4 Å². The minimum atomic E-state index is -0.717. The Hall–Kier alpha value is -1.94. The van der Waals surface area contributed by atoms with Crippen molar-refractivity contribution in [3.63, 3.8) is 0 Å². The fourth-order valence-electron chi connectivity index (χ4n) is 3.96. The van der Waals surface area contributed by atoms with Gasteiger partial charge in [0.25, 0.3) is 0 Å². The van der Waals surface area contributed by atoms with E-state index < -0.39 is 5.41 Å². The van der Waals surface area contributed by atoms with Gasteiger partial charge in [-0.2, -0.15) is 5.26 Å². The number of hydrogen-bond donors (Lipinski definition) is 3. The average Bonchev–Trinajstić information content (AvgIpc) is 3.93. The van der Waals surface area contributed by atoms with E-state index in [0.29, 0.717) is 29.7 Å². The number of methoxy groups -OCH3 is 1. The highest BCUT2D eigenvalue weighted by Crippen LogP contribution is 2.49. The van der Waals surface area contributed by atoms with Gasteiger partial charge in [0.1, 0.15) is 16.7 Å². The molecular weight excluding hydrogens is 590 g/mol. The van der Waals surface area contributed by atoms with Crippen molar-refractivity contribution in [1.29, 1.82) is 16.1 Å². The zero-order chi connectivity index (χ0) is 31.4. The Morgan fingerprint density at radius 2 is 1.86 bits per heavy atom. The van der Waals surface area contributed by atoms with Crippen LogP contribution in [0.25, 0.3) is 5.52 Å². The molecule has 12 heteroatoms. The number of imidazole rings is 1. The first-order valence-electron chi connectivity index (χ1n) is 14.4. The van der Waals surface area contributed by atoms with Crippen LogP contribution in [0.3, 0.4) is 0 Å². The van der Waals surface area contributed by atoms with E-state index in [1.807, 2.05) is 31.4 Å². The van der Waals surface area contributed by atoms with E-state index in [1.165, 1.54) is 12.8 Å². The van der Waals surface area contributed by atoms with Gasteiger partial charge in [0, 0.05) is 30.7 Å². The second kappa shape index (κ2) is 17.4. The molecule has 2 aromatic rings. The number of carbonyl (C=O) groups excluding carboxylic acids is 1. The van der Waals surface area contributed by atoms with E-state index >= 15 is 0 Å². The smallest absolute Gasteiger partial charge is 0.171 e. The van der Waals surface area contributed by atoms with Gasteiger partial charge in [0.2, 0.25) is 0 Å². The molecule has 0 bridgehead atoms. The summed E-state index contributed by atoms with van der Waals surface area (Å²) < 4.78 is 6.37. The number of carbonyl (C=O) groups is 1. The lowest BCUT2D eigenvalue weighted by Crippen LogP contribution is -2.29. The molecular formula is C30H46ClN7O2S2. The van der Waals surface area contributed by atoms with Crippen LogP contribution in [0, 0.1) is 39.4 Å². The van der Waals surface area contributed by atoms with Crippen LogP contribution in [0.5, 0.6) is 0 Å². The van der Waals surface area contributed by atoms with Gasteiger partial charge in [0.05, 0.1) is 16.6 Å². The molecule has 232 valence electrons. The Morgan fingerprint density at radius 3 is 2.26 bits per heavy atom. The Labute approximate surface area is 264 Å². The van der Waals surface area contributed by atoms with Crippen LogP contribution in [0.15, 0.2) is 17.2 Å². The van der Waals surface area contributed by atoms with E-state index in [1.54, 1.807) is 7.11 Å². The van der Waals surface area contributed by atoms with E-state index in [4.69, 9.17) is 27.6 Å². The lowest BCUT2D eigenvalue weighted by atomic mass is 9.89. The van der Waals surface area contributed by atoms with Gasteiger partial charge in [-0.1, -0.05) is 57.0 Å². The third-order valence-corrected chi connectivity index (χ3v) is 8.96. The van der Waals surface area contributed by atoms with Crippen LogP contribution in [-0.2, 0) is 9.53 Å². The molecule has 3 aliphatic rings.